The second-order valence-corrected chi connectivity index (χ2v) is 9.82. The number of hydrogen-bond acceptors (Lipinski definition) is 2. The molecule has 0 saturated heterocycles. The third-order valence-corrected chi connectivity index (χ3v) is 6.34. The van der Waals surface area contributed by atoms with Gasteiger partial charge in [0.05, 0.1) is 0 Å². The van der Waals surface area contributed by atoms with Crippen molar-refractivity contribution in [2.24, 2.45) is 17.8 Å². The molecular weight excluding hydrogens is 356 g/mol. The number of hydrogen-bond donors (Lipinski definition) is 2. The van der Waals surface area contributed by atoms with Crippen molar-refractivity contribution in [3.8, 4) is 11.5 Å². The summed E-state index contributed by atoms with van der Waals surface area (Å²) < 4.78 is 0. The molecule has 0 aliphatic heterocycles. The van der Waals surface area contributed by atoms with E-state index >= 15 is 0 Å². The lowest BCUT2D eigenvalue weighted by atomic mass is 9.91. The summed E-state index contributed by atoms with van der Waals surface area (Å²) in [5, 5.41) is 19.9. The number of allylic oxidation sites excluding steroid dienone is 2. The van der Waals surface area contributed by atoms with Crippen LogP contribution in [0.2, 0.25) is 0 Å². The second-order valence-electron chi connectivity index (χ2n) is 9.82. The third kappa shape index (κ3) is 10.8. The highest BCUT2D eigenvalue weighted by molar-refractivity contribution is 5.47. The molecular formula is C27H46O2. The molecule has 1 rings (SSSR count). The summed E-state index contributed by atoms with van der Waals surface area (Å²) in [4.78, 5) is 0. The highest BCUT2D eigenvalue weighted by Gasteiger charge is 2.09. The van der Waals surface area contributed by atoms with Crippen molar-refractivity contribution < 1.29 is 10.2 Å². The largest absolute Gasteiger partial charge is 0.508 e. The minimum atomic E-state index is 0.256. The van der Waals surface area contributed by atoms with Gasteiger partial charge in [-0.1, -0.05) is 84.3 Å². The Morgan fingerprint density at radius 3 is 1.93 bits per heavy atom. The van der Waals surface area contributed by atoms with Crippen molar-refractivity contribution >= 4 is 0 Å². The number of aromatic hydroxyl groups is 2. The predicted octanol–water partition coefficient (Wildman–Crippen LogP) is 8.33. The van der Waals surface area contributed by atoms with Crippen LogP contribution in [0.15, 0.2) is 23.8 Å². The minimum absolute atomic E-state index is 0.256. The van der Waals surface area contributed by atoms with Gasteiger partial charge in [-0.05, 0) is 68.6 Å². The molecule has 1 aromatic rings. The van der Waals surface area contributed by atoms with E-state index in [-0.39, 0.29) is 11.5 Å². The summed E-state index contributed by atoms with van der Waals surface area (Å²) in [5.41, 5.74) is 2.99. The molecule has 0 amide bonds. The van der Waals surface area contributed by atoms with Gasteiger partial charge >= 0.3 is 0 Å². The molecule has 0 fully saturated rings. The van der Waals surface area contributed by atoms with Gasteiger partial charge in [-0.2, -0.15) is 0 Å². The Kier molecular flexibility index (Phi) is 12.1. The van der Waals surface area contributed by atoms with Gasteiger partial charge in [-0.3, -0.25) is 0 Å². The van der Waals surface area contributed by atoms with Gasteiger partial charge in [0.1, 0.15) is 11.5 Å². The molecule has 0 spiro atoms. The van der Waals surface area contributed by atoms with Crippen molar-refractivity contribution in [3.63, 3.8) is 0 Å². The van der Waals surface area contributed by atoms with Gasteiger partial charge < -0.3 is 10.2 Å². The van der Waals surface area contributed by atoms with E-state index in [0.717, 1.165) is 35.3 Å². The first-order chi connectivity index (χ1) is 13.7. The number of rotatable bonds is 14. The Balaban J connectivity index is 2.22. The number of benzene rings is 1. The Morgan fingerprint density at radius 1 is 0.828 bits per heavy atom. The molecule has 0 heterocycles. The fourth-order valence-electron chi connectivity index (χ4n) is 4.07. The van der Waals surface area contributed by atoms with Crippen LogP contribution in [-0.4, -0.2) is 10.2 Å². The normalized spacial score (nSPS) is 14.4. The summed E-state index contributed by atoms with van der Waals surface area (Å²) >= 11 is 0. The van der Waals surface area contributed by atoms with Crippen LogP contribution in [0.1, 0.15) is 104 Å². The van der Waals surface area contributed by atoms with E-state index in [1.54, 1.807) is 12.1 Å². The van der Waals surface area contributed by atoms with Crippen LogP contribution in [0.25, 0.3) is 0 Å². The summed E-state index contributed by atoms with van der Waals surface area (Å²) in [6.45, 7) is 13.5. The molecule has 1 aromatic carbocycles. The maximum atomic E-state index is 10.0. The zero-order chi connectivity index (χ0) is 21.8. The Bertz CT molecular complexity index is 615. The number of phenols is 2. The fraction of sp³-hybridized carbons (Fsp3) is 0.704. The maximum Gasteiger partial charge on any atom is 0.119 e. The Labute approximate surface area is 180 Å². The van der Waals surface area contributed by atoms with E-state index in [1.165, 1.54) is 56.9 Å². The summed E-state index contributed by atoms with van der Waals surface area (Å²) in [6, 6.07) is 3.13. The molecule has 0 bridgehead atoms. The fourth-order valence-corrected chi connectivity index (χ4v) is 4.07. The van der Waals surface area contributed by atoms with E-state index in [0.29, 0.717) is 6.42 Å². The summed E-state index contributed by atoms with van der Waals surface area (Å²) in [7, 11) is 0. The lowest BCUT2D eigenvalue weighted by molar-refractivity contribution is 0.389. The van der Waals surface area contributed by atoms with Crippen molar-refractivity contribution in [1.82, 2.24) is 0 Å². The van der Waals surface area contributed by atoms with Crippen molar-refractivity contribution in [1.29, 1.82) is 0 Å². The van der Waals surface area contributed by atoms with Gasteiger partial charge in [0, 0.05) is 5.56 Å². The predicted molar refractivity (Wildman–Crippen MR) is 127 cm³/mol. The standard InChI is InChI=1S/C27H46O2/c1-20(2)10-7-11-21(3)12-8-13-22(4)14-9-15-23(5)16-17-25-24(6)26(28)18-19-27(25)29/h16,18-22,28-29H,7-15,17H2,1-6H3/b23-16+/t21-,22-/m1/s1. The molecule has 0 aliphatic rings. The van der Waals surface area contributed by atoms with E-state index in [9.17, 15) is 10.2 Å². The minimum Gasteiger partial charge on any atom is -0.508 e. The zero-order valence-corrected chi connectivity index (χ0v) is 19.9. The Morgan fingerprint density at radius 2 is 1.34 bits per heavy atom. The van der Waals surface area contributed by atoms with Crippen LogP contribution in [0.4, 0.5) is 0 Å². The smallest absolute Gasteiger partial charge is 0.119 e. The highest BCUT2D eigenvalue weighted by atomic mass is 16.3. The SMILES string of the molecule is C/C(=C\Cc1c(O)ccc(O)c1C)CCC[C@H](C)CCC[C@H](C)CCCC(C)C. The summed E-state index contributed by atoms with van der Waals surface area (Å²) in [6.07, 6.45) is 14.8. The molecule has 0 aliphatic carbocycles. The molecule has 2 atom stereocenters. The van der Waals surface area contributed by atoms with Crippen LogP contribution >= 0.6 is 0 Å². The monoisotopic (exact) mass is 402 g/mol. The first-order valence-corrected chi connectivity index (χ1v) is 11.9. The molecule has 2 nitrogen and oxygen atoms in total. The van der Waals surface area contributed by atoms with E-state index < -0.39 is 0 Å². The van der Waals surface area contributed by atoms with Crippen LogP contribution in [0.3, 0.4) is 0 Å². The van der Waals surface area contributed by atoms with E-state index in [1.807, 2.05) is 6.92 Å². The van der Waals surface area contributed by atoms with E-state index in [4.69, 9.17) is 0 Å². The van der Waals surface area contributed by atoms with Gasteiger partial charge in [0.15, 0.2) is 0 Å². The van der Waals surface area contributed by atoms with Crippen molar-refractivity contribution in [2.75, 3.05) is 0 Å². The topological polar surface area (TPSA) is 40.5 Å². The molecule has 29 heavy (non-hydrogen) atoms. The Hall–Kier alpha value is -1.44. The average molecular weight is 403 g/mol. The van der Waals surface area contributed by atoms with Gasteiger partial charge in [-0.15, -0.1) is 0 Å². The molecule has 0 radical (unpaired) electrons. The zero-order valence-electron chi connectivity index (χ0n) is 19.9. The van der Waals surface area contributed by atoms with Crippen LogP contribution in [-0.2, 0) is 6.42 Å². The number of phenolic OH excluding ortho intramolecular Hbond substituents is 2. The van der Waals surface area contributed by atoms with Gasteiger partial charge in [0.2, 0.25) is 0 Å². The molecule has 0 unspecified atom stereocenters. The molecule has 0 aromatic heterocycles. The lowest BCUT2D eigenvalue weighted by Gasteiger charge is -2.15. The molecule has 2 N–H and O–H groups in total. The van der Waals surface area contributed by atoms with Gasteiger partial charge in [0.25, 0.3) is 0 Å². The average Bonchev–Trinajstić information content (AvgIpc) is 2.64. The summed E-state index contributed by atoms with van der Waals surface area (Å²) in [5.74, 6) is 3.06. The molecule has 2 heteroatoms. The molecule has 0 saturated carbocycles. The van der Waals surface area contributed by atoms with Crippen LogP contribution < -0.4 is 0 Å². The lowest BCUT2D eigenvalue weighted by Crippen LogP contribution is -2.00. The third-order valence-electron chi connectivity index (χ3n) is 6.34. The van der Waals surface area contributed by atoms with Crippen LogP contribution in [0, 0.1) is 24.7 Å². The maximum absolute atomic E-state index is 10.0. The van der Waals surface area contributed by atoms with Crippen molar-refractivity contribution in [3.05, 3.63) is 34.9 Å². The second kappa shape index (κ2) is 13.7. The van der Waals surface area contributed by atoms with Crippen molar-refractivity contribution in [2.45, 2.75) is 106 Å². The quantitative estimate of drug-likeness (QED) is 0.242. The van der Waals surface area contributed by atoms with Gasteiger partial charge in [-0.25, -0.2) is 0 Å². The first kappa shape index (κ1) is 25.6. The first-order valence-electron chi connectivity index (χ1n) is 11.9. The molecule has 166 valence electrons. The van der Waals surface area contributed by atoms with E-state index in [2.05, 4.69) is 40.7 Å². The highest BCUT2D eigenvalue weighted by Crippen LogP contribution is 2.29. The van der Waals surface area contributed by atoms with Crippen LogP contribution in [0.5, 0.6) is 11.5 Å².